The summed E-state index contributed by atoms with van der Waals surface area (Å²) in [7, 11) is 0. The summed E-state index contributed by atoms with van der Waals surface area (Å²) in [5.41, 5.74) is -0.926. The second-order valence-electron chi connectivity index (χ2n) is 3.92. The first kappa shape index (κ1) is 12.5. The van der Waals surface area contributed by atoms with Crippen LogP contribution < -0.4 is 4.74 Å². The van der Waals surface area contributed by atoms with Crippen molar-refractivity contribution >= 4 is 5.97 Å². The highest BCUT2D eigenvalue weighted by Crippen LogP contribution is 2.37. The van der Waals surface area contributed by atoms with Crippen molar-refractivity contribution in [3.63, 3.8) is 0 Å². The summed E-state index contributed by atoms with van der Waals surface area (Å²) in [6.45, 7) is 4.80. The lowest BCUT2D eigenvalue weighted by Gasteiger charge is -2.32. The number of esters is 1. The van der Waals surface area contributed by atoms with Crippen molar-refractivity contribution < 1.29 is 27.4 Å². The van der Waals surface area contributed by atoms with Gasteiger partial charge in [-0.05, 0) is 24.3 Å². The molecule has 18 heavy (non-hydrogen) atoms. The molecule has 0 bridgehead atoms. The lowest BCUT2D eigenvalue weighted by molar-refractivity contribution is -0.138. The Bertz CT molecular complexity index is 522. The first-order valence-electron chi connectivity index (χ1n) is 5.02. The molecule has 1 aromatic rings. The molecule has 0 aliphatic carbocycles. The van der Waals surface area contributed by atoms with Gasteiger partial charge in [0, 0.05) is 6.92 Å². The Morgan fingerprint density at radius 3 is 2.56 bits per heavy atom. The van der Waals surface area contributed by atoms with E-state index in [0.717, 1.165) is 18.2 Å². The monoisotopic (exact) mass is 258 g/mol. The topological polar surface area (TPSA) is 35.5 Å². The van der Waals surface area contributed by atoms with Gasteiger partial charge in [-0.3, -0.25) is 0 Å². The second kappa shape index (κ2) is 3.76. The minimum Gasteiger partial charge on any atom is -0.448 e. The van der Waals surface area contributed by atoms with Crippen molar-refractivity contribution in [1.29, 1.82) is 0 Å². The maximum Gasteiger partial charge on any atom is 0.416 e. The molecular weight excluding hydrogens is 249 g/mol. The van der Waals surface area contributed by atoms with Crippen molar-refractivity contribution in [1.82, 2.24) is 0 Å². The van der Waals surface area contributed by atoms with Crippen molar-refractivity contribution in [3.05, 3.63) is 42.0 Å². The smallest absolute Gasteiger partial charge is 0.416 e. The number of ether oxygens (including phenoxy) is 2. The fraction of sp³-hybridized carbons (Fsp3) is 0.250. The summed E-state index contributed by atoms with van der Waals surface area (Å²) < 4.78 is 47.7. The summed E-state index contributed by atoms with van der Waals surface area (Å²) in [6, 6.07) is 2.61. The fourth-order valence-electron chi connectivity index (χ4n) is 1.51. The average molecular weight is 258 g/mol. The Labute approximate surface area is 101 Å². The van der Waals surface area contributed by atoms with E-state index >= 15 is 0 Å². The maximum atomic E-state index is 12.5. The molecule has 0 radical (unpaired) electrons. The van der Waals surface area contributed by atoms with Crippen LogP contribution in [0.4, 0.5) is 13.2 Å². The predicted molar refractivity (Wildman–Crippen MR) is 56.1 cm³/mol. The van der Waals surface area contributed by atoms with Crippen molar-refractivity contribution in [2.45, 2.75) is 18.9 Å². The number of carbonyl (C=O) groups excluding carboxylic acids is 1. The SMILES string of the molecule is C=CC1(C)OC(=O)c2ccc(C(F)(F)F)cc2O1. The number of halogens is 3. The quantitative estimate of drug-likeness (QED) is 0.573. The highest BCUT2D eigenvalue weighted by molar-refractivity contribution is 5.93. The van der Waals surface area contributed by atoms with E-state index < -0.39 is 23.5 Å². The number of alkyl halides is 3. The minimum absolute atomic E-state index is 0.0395. The van der Waals surface area contributed by atoms with Gasteiger partial charge >= 0.3 is 12.1 Å². The van der Waals surface area contributed by atoms with Gasteiger partial charge in [0.1, 0.15) is 11.3 Å². The molecule has 1 aromatic carbocycles. The summed E-state index contributed by atoms with van der Waals surface area (Å²) >= 11 is 0. The number of hydrogen-bond donors (Lipinski definition) is 0. The Hall–Kier alpha value is -1.98. The molecule has 0 N–H and O–H groups in total. The third kappa shape index (κ3) is 2.05. The molecule has 0 fully saturated rings. The van der Waals surface area contributed by atoms with Crippen LogP contribution in [0.1, 0.15) is 22.8 Å². The van der Waals surface area contributed by atoms with E-state index in [1.54, 1.807) is 0 Å². The first-order chi connectivity index (χ1) is 8.25. The van der Waals surface area contributed by atoms with Gasteiger partial charge in [-0.1, -0.05) is 6.58 Å². The van der Waals surface area contributed by atoms with Crippen LogP contribution >= 0.6 is 0 Å². The molecule has 1 atom stereocenters. The summed E-state index contributed by atoms with van der Waals surface area (Å²) in [5, 5.41) is 0. The van der Waals surface area contributed by atoms with E-state index in [0.29, 0.717) is 0 Å². The highest BCUT2D eigenvalue weighted by atomic mass is 19.4. The number of fused-ring (bicyclic) bond motifs is 1. The van der Waals surface area contributed by atoms with Crippen LogP contribution in [0.25, 0.3) is 0 Å². The van der Waals surface area contributed by atoms with E-state index in [4.69, 9.17) is 9.47 Å². The van der Waals surface area contributed by atoms with Gasteiger partial charge in [-0.25, -0.2) is 4.79 Å². The third-order valence-corrected chi connectivity index (χ3v) is 2.51. The largest absolute Gasteiger partial charge is 0.448 e. The zero-order chi connectivity index (χ0) is 13.6. The van der Waals surface area contributed by atoms with E-state index in [1.807, 2.05) is 0 Å². The van der Waals surface area contributed by atoms with Crippen LogP contribution in [0.15, 0.2) is 30.9 Å². The molecule has 1 aliphatic heterocycles. The molecule has 1 unspecified atom stereocenters. The van der Waals surface area contributed by atoms with Gasteiger partial charge in [0.2, 0.25) is 0 Å². The van der Waals surface area contributed by atoms with Gasteiger partial charge in [-0.15, -0.1) is 0 Å². The van der Waals surface area contributed by atoms with E-state index in [9.17, 15) is 18.0 Å². The zero-order valence-corrected chi connectivity index (χ0v) is 9.38. The molecule has 0 saturated carbocycles. The van der Waals surface area contributed by atoms with Crippen molar-refractivity contribution in [2.24, 2.45) is 0 Å². The van der Waals surface area contributed by atoms with E-state index in [2.05, 4.69) is 6.58 Å². The molecule has 1 heterocycles. The number of rotatable bonds is 1. The Balaban J connectivity index is 2.50. The molecule has 96 valence electrons. The van der Waals surface area contributed by atoms with Gasteiger partial charge in [0.15, 0.2) is 0 Å². The average Bonchev–Trinajstić information content (AvgIpc) is 2.27. The third-order valence-electron chi connectivity index (χ3n) is 2.51. The van der Waals surface area contributed by atoms with E-state index in [1.165, 1.54) is 13.0 Å². The number of cyclic esters (lactones) is 1. The number of carbonyl (C=O) groups is 1. The van der Waals surface area contributed by atoms with Crippen LogP contribution in [0.3, 0.4) is 0 Å². The van der Waals surface area contributed by atoms with Crippen molar-refractivity contribution in [2.75, 3.05) is 0 Å². The Morgan fingerprint density at radius 2 is 2.00 bits per heavy atom. The number of benzene rings is 1. The molecule has 1 aliphatic rings. The van der Waals surface area contributed by atoms with Gasteiger partial charge < -0.3 is 9.47 Å². The van der Waals surface area contributed by atoms with Gasteiger partial charge in [-0.2, -0.15) is 13.2 Å². The Kier molecular flexibility index (Phi) is 2.61. The van der Waals surface area contributed by atoms with Crippen molar-refractivity contribution in [3.8, 4) is 5.75 Å². The summed E-state index contributed by atoms with van der Waals surface area (Å²) in [4.78, 5) is 11.6. The lowest BCUT2D eigenvalue weighted by Crippen LogP contribution is -2.40. The van der Waals surface area contributed by atoms with Gasteiger partial charge in [0.25, 0.3) is 5.79 Å². The van der Waals surface area contributed by atoms with Crippen LogP contribution in [0.2, 0.25) is 0 Å². The molecule has 6 heteroatoms. The van der Waals surface area contributed by atoms with Crippen LogP contribution in [0.5, 0.6) is 5.75 Å². The fourth-order valence-corrected chi connectivity index (χ4v) is 1.51. The minimum atomic E-state index is -4.50. The molecule has 0 amide bonds. The molecule has 3 nitrogen and oxygen atoms in total. The van der Waals surface area contributed by atoms with E-state index in [-0.39, 0.29) is 11.3 Å². The molecule has 0 spiro atoms. The van der Waals surface area contributed by atoms with Crippen LogP contribution in [0, 0.1) is 0 Å². The lowest BCUT2D eigenvalue weighted by atomic mass is 10.1. The van der Waals surface area contributed by atoms with Gasteiger partial charge in [0.05, 0.1) is 5.56 Å². The maximum absolute atomic E-state index is 12.5. The zero-order valence-electron chi connectivity index (χ0n) is 9.38. The predicted octanol–water partition coefficient (Wildman–Crippen LogP) is 3.16. The second-order valence-corrected chi connectivity index (χ2v) is 3.92. The van der Waals surface area contributed by atoms with Crippen LogP contribution in [-0.4, -0.2) is 11.8 Å². The highest BCUT2D eigenvalue weighted by Gasteiger charge is 2.38. The Morgan fingerprint density at radius 1 is 1.33 bits per heavy atom. The normalized spacial score (nSPS) is 22.8. The molecule has 2 rings (SSSR count). The van der Waals surface area contributed by atoms with Crippen LogP contribution in [-0.2, 0) is 10.9 Å². The first-order valence-corrected chi connectivity index (χ1v) is 5.02. The summed E-state index contributed by atoms with van der Waals surface area (Å²) in [6.07, 6.45) is -3.29. The standard InChI is InChI=1S/C12H9F3O3/c1-3-11(2)17-9-6-7(12(13,14)15)4-5-8(9)10(16)18-11/h3-6H,1H2,2H3. The molecule has 0 saturated heterocycles. The number of hydrogen-bond acceptors (Lipinski definition) is 3. The molecular formula is C12H9F3O3. The molecule has 0 aromatic heterocycles. The summed E-state index contributed by atoms with van der Waals surface area (Å²) in [5.74, 6) is -2.36.